The van der Waals surface area contributed by atoms with Gasteiger partial charge >= 0.3 is 5.97 Å². The smallest absolute Gasteiger partial charge is 0.330 e. The molecular formula is C90H112Cl2N8O27S. The second kappa shape index (κ2) is 43.0. The Morgan fingerprint density at radius 1 is 0.703 bits per heavy atom. The number of carbonyl (C=O) groups excluding carboxylic acids is 8. The number of aliphatic hydroxyl groups is 6. The summed E-state index contributed by atoms with van der Waals surface area (Å²) in [5.74, 6) is -20.2. The van der Waals surface area contributed by atoms with Crippen molar-refractivity contribution in [3.05, 3.63) is 146 Å². The van der Waals surface area contributed by atoms with Gasteiger partial charge in [0, 0.05) is 68.3 Å². The minimum absolute atomic E-state index is 0.0419. The van der Waals surface area contributed by atoms with E-state index in [9.17, 15) is 78.7 Å². The van der Waals surface area contributed by atoms with Crippen molar-refractivity contribution in [1.82, 2.24) is 36.6 Å². The van der Waals surface area contributed by atoms with Gasteiger partial charge in [0.1, 0.15) is 83.5 Å². The highest BCUT2D eigenvalue weighted by atomic mass is 35.5. The number of nitrogens with one attached hydrogen (secondary N) is 7. The number of aromatic hydroxyl groups is 3. The maximum absolute atomic E-state index is 16.6. The average Bonchev–Trinajstić information content (AvgIpc) is 0.759. The van der Waals surface area contributed by atoms with Crippen molar-refractivity contribution in [2.75, 3.05) is 19.7 Å². The summed E-state index contributed by atoms with van der Waals surface area (Å²) >= 11 is 14.4. The number of benzene rings is 6. The number of phenols is 3. The molecule has 13 rings (SSSR count). The molecule has 0 aromatic heterocycles. The van der Waals surface area contributed by atoms with Crippen molar-refractivity contribution in [1.29, 1.82) is 0 Å². The van der Waals surface area contributed by atoms with Gasteiger partial charge in [-0.25, -0.2) is 17.9 Å². The molecule has 6 aromatic carbocycles. The van der Waals surface area contributed by atoms with E-state index in [0.717, 1.165) is 92.3 Å². The maximum atomic E-state index is 16.6. The first-order valence-corrected chi connectivity index (χ1v) is 45.0. The predicted octanol–water partition coefficient (Wildman–Crippen LogP) is 7.45. The van der Waals surface area contributed by atoms with Crippen LogP contribution in [-0.4, -0.2) is 199 Å². The average molecular weight is 1840 g/mol. The Kier molecular flexibility index (Phi) is 33.1. The molecule has 128 heavy (non-hydrogen) atoms. The zero-order valence-corrected chi connectivity index (χ0v) is 74.0. The lowest BCUT2D eigenvalue weighted by Crippen LogP contribution is -2.66. The van der Waals surface area contributed by atoms with Crippen molar-refractivity contribution in [2.45, 2.75) is 253 Å². The third-order valence-electron chi connectivity index (χ3n) is 23.7. The van der Waals surface area contributed by atoms with Gasteiger partial charge in [-0.1, -0.05) is 113 Å². The third kappa shape index (κ3) is 23.3. The molecule has 0 unspecified atom stereocenters. The molecule has 694 valence electrons. The normalized spacial score (nSPS) is 25.9. The number of carboxylic acids is 1. The molecule has 6 amide bonds. The molecule has 35 nitrogen and oxygen atoms in total. The number of fused-ring (bicyclic) bond motifs is 15. The van der Waals surface area contributed by atoms with Crippen molar-refractivity contribution in [2.24, 2.45) is 23.5 Å². The first-order chi connectivity index (χ1) is 60.7. The fourth-order valence-corrected chi connectivity index (χ4v) is 18.3. The Balaban J connectivity index is 1.04. The van der Waals surface area contributed by atoms with Gasteiger partial charge in [0.25, 0.3) is 0 Å². The summed E-state index contributed by atoms with van der Waals surface area (Å²) in [6, 6.07) is 11.4. The number of primary amides is 1. The van der Waals surface area contributed by atoms with Crippen LogP contribution in [0.25, 0.3) is 11.1 Å². The number of phenolic OH excluding ortho intramolecular Hbond substituents is 3. The topological polar surface area (TPSA) is 556 Å². The van der Waals surface area contributed by atoms with Crippen LogP contribution < -0.4 is 56.6 Å². The Labute approximate surface area is 749 Å². The summed E-state index contributed by atoms with van der Waals surface area (Å²) < 4.78 is 68.0. The number of carboxylic acid groups (broad SMARTS) is 1. The second-order valence-corrected chi connectivity index (χ2v) is 36.4. The molecule has 6 aromatic rings. The van der Waals surface area contributed by atoms with Crippen LogP contribution in [0, 0.1) is 17.8 Å². The number of carbonyl (C=O) groups is 9. The zero-order valence-electron chi connectivity index (χ0n) is 71.7. The predicted molar refractivity (Wildman–Crippen MR) is 462 cm³/mol. The fourth-order valence-electron chi connectivity index (χ4n) is 16.8. The van der Waals surface area contributed by atoms with Gasteiger partial charge in [-0.15, -0.1) is 0 Å². The van der Waals surface area contributed by atoms with Gasteiger partial charge in [-0.2, -0.15) is 0 Å². The number of aliphatic carboxylic acids is 1. The van der Waals surface area contributed by atoms with E-state index in [1.165, 1.54) is 39.0 Å². The van der Waals surface area contributed by atoms with Crippen molar-refractivity contribution in [3.8, 4) is 57.1 Å². The number of hydrogen-bond acceptors (Lipinski definition) is 27. The van der Waals surface area contributed by atoms with E-state index in [1.807, 2.05) is 26.0 Å². The highest BCUT2D eigenvalue weighted by Crippen LogP contribution is 2.51. The molecular weight excluding hydrogens is 1730 g/mol. The number of nitrogens with two attached hydrogens (primary N) is 1. The molecule has 0 spiro atoms. The van der Waals surface area contributed by atoms with E-state index in [-0.39, 0.29) is 76.3 Å². The number of unbranched alkanes of at least 4 members (excludes halogenated alkanes) is 6. The lowest BCUT2D eigenvalue weighted by molar-refractivity contribution is -0.334. The summed E-state index contributed by atoms with van der Waals surface area (Å²) in [4.78, 5) is 133. The summed E-state index contributed by atoms with van der Waals surface area (Å²) in [6.07, 6.45) is -13.6. The minimum atomic E-state index is -3.80. The number of ketones is 2. The lowest BCUT2D eigenvalue weighted by atomic mass is 9.84. The van der Waals surface area contributed by atoms with Gasteiger partial charge in [0.05, 0.1) is 50.6 Å². The molecule has 2 saturated heterocycles. The van der Waals surface area contributed by atoms with Crippen LogP contribution in [0.15, 0.2) is 102 Å². The van der Waals surface area contributed by atoms with Gasteiger partial charge in [0.2, 0.25) is 57.5 Å². The molecule has 19 N–H and O–H groups in total. The van der Waals surface area contributed by atoms with Crippen LogP contribution >= 0.6 is 23.2 Å². The monoisotopic (exact) mass is 1840 g/mol. The van der Waals surface area contributed by atoms with E-state index in [4.69, 9.17) is 57.4 Å². The van der Waals surface area contributed by atoms with E-state index < -0.39 is 265 Å². The van der Waals surface area contributed by atoms with Crippen LogP contribution in [0.5, 0.6) is 46.0 Å². The summed E-state index contributed by atoms with van der Waals surface area (Å²) in [7, 11) is -3.80. The van der Waals surface area contributed by atoms with E-state index in [0.29, 0.717) is 32.1 Å². The maximum Gasteiger partial charge on any atom is 0.330 e. The number of halogens is 2. The zero-order chi connectivity index (χ0) is 93.1. The fraction of sp³-hybridized carbons (Fsp3) is 0.500. The van der Waals surface area contributed by atoms with Crippen LogP contribution in [0.4, 0.5) is 0 Å². The third-order valence-corrected chi connectivity index (χ3v) is 25.8. The number of aliphatic hydroxyl groups excluding tert-OH is 6. The van der Waals surface area contributed by atoms with Crippen LogP contribution in [0.3, 0.4) is 0 Å². The molecule has 18 atom stereocenters. The first kappa shape index (κ1) is 98.4. The Morgan fingerprint density at radius 3 is 1.95 bits per heavy atom. The number of rotatable bonds is 30. The second-order valence-electron chi connectivity index (χ2n) is 33.9. The highest BCUT2D eigenvalue weighted by Gasteiger charge is 2.53. The Bertz CT molecular complexity index is 5200. The molecule has 0 saturated carbocycles. The Hall–Kier alpha value is -10.2. The number of aryl methyl sites for hydroxylation is 1. The highest BCUT2D eigenvalue weighted by molar-refractivity contribution is 7.89. The number of ether oxygens (including phenoxy) is 6. The Morgan fingerprint density at radius 2 is 1.34 bits per heavy atom. The first-order valence-electron chi connectivity index (χ1n) is 42.8. The summed E-state index contributed by atoms with van der Waals surface area (Å²) in [5.41, 5.74) is 2.51. The molecule has 11 bridgehead atoms. The summed E-state index contributed by atoms with van der Waals surface area (Å²) in [6.45, 7) is 10.8. The SMILES string of the molecule is CCCCCCc1ccc(S(=O)(=O)NCCCCCCNCc2c(O)cc3c(c2O)-c2cc(ccc2O)[C@H]2CC(=O)[C@@H]4NC(=O)[C@H](CC(N)=O)CC(=O)[C@H](NC(=O)[C@H](CC)CC(C)C)[C@H](O)c5ccc(c(Cl)c5)Oc5cc4cc(c5O[C@@H]4O[C@H](CO)[C@@H](O)[C@H](O)[C@H]4O[C@H]4C[C@](C)(NC(C)=O)[C@H](O)[C@H](C)O4)Oc4ccc(cc4Cl)[C@@H](O)[C@H](NC2=O)C(=O)N[C@@H]3C(=O)O)cc1. The van der Waals surface area contributed by atoms with Crippen LogP contribution in [-0.2, 0) is 80.4 Å². The number of amides is 6. The van der Waals surface area contributed by atoms with Crippen molar-refractivity contribution < 1.29 is 131 Å². The molecule has 38 heteroatoms. The van der Waals surface area contributed by atoms with Gasteiger partial charge in [-0.05, 0) is 159 Å². The minimum Gasteiger partial charge on any atom is -0.507 e. The molecule has 2 fully saturated rings. The van der Waals surface area contributed by atoms with E-state index >= 15 is 24.0 Å². The number of hydrogen-bond donors (Lipinski definition) is 18. The molecule has 0 radical (unpaired) electrons. The lowest BCUT2D eigenvalue weighted by Gasteiger charge is -2.48. The largest absolute Gasteiger partial charge is 0.507 e. The van der Waals surface area contributed by atoms with Crippen LogP contribution in [0.1, 0.15) is 208 Å². The number of Topliss-reactive ketones (excluding diaryl/α,β-unsaturated/α-hetero) is 2. The van der Waals surface area contributed by atoms with Crippen LogP contribution in [0.2, 0.25) is 10.0 Å². The molecule has 7 aliphatic heterocycles. The van der Waals surface area contributed by atoms with Gasteiger partial charge < -0.3 is 117 Å². The van der Waals surface area contributed by atoms with Crippen molar-refractivity contribution >= 4 is 86.2 Å². The van der Waals surface area contributed by atoms with E-state index in [2.05, 4.69) is 43.5 Å². The quantitative estimate of drug-likeness (QED) is 0.0195. The van der Waals surface area contributed by atoms with Crippen molar-refractivity contribution in [3.63, 3.8) is 0 Å². The number of sulfonamides is 1. The standard InChI is InChI=1S/C90H112Cl2N8O27S/c1-8-10-11-14-17-46-18-23-53(24-19-46)128(120,121)95-29-16-13-12-15-28-94-41-57-61(104)39-56-71(78(57)110)55-31-48(20-25-60(55)103)54-38-63(106)72-51-35-66(123-64-26-21-49(32-58(64)91)76(108)74(98-84(114)47(9-2)30-43(3)4)62(105)34-52(37-69(93)107)85(115)96-72)81(67(36-51)124-65-27-22-50(33-59(65)92)77(109)75(99-86(54)116)87(117)97-73(56)88(118)119)127-89-82(80(112)79(111)68(42-101)125-89)126-70-40-90(7,100-45(6)102)83(113)44(5)122-70/h18-27,31-33,35-36,39,43-44,47,52,54,68,70,72-77,79-80,82-83,89,94-95,101,103-104,108-113H,8-17,28-30,34,37-38,40-42H2,1-7H3,(H2,93,107)(H,96,115)(H,97,117)(H,98,114)(H,99,116)(H,100,102)(H,118,119)/t44-,47+,52-,54+,68+,70-,72+,73-,74-,75-,76+,77+,79+,80-,82+,83+,89-,90-/m0/s1. The molecule has 0 aliphatic carbocycles. The van der Waals surface area contributed by atoms with E-state index in [1.54, 1.807) is 19.1 Å². The van der Waals surface area contributed by atoms with Gasteiger partial charge in [-0.3, -0.25) is 38.4 Å². The molecule has 7 aliphatic rings. The molecule has 7 heterocycles. The van der Waals surface area contributed by atoms with Gasteiger partial charge in [0.15, 0.2) is 41.5 Å². The summed E-state index contributed by atoms with van der Waals surface area (Å²) in [5, 5.41) is 134.